The lowest BCUT2D eigenvalue weighted by atomic mass is 10.1. The summed E-state index contributed by atoms with van der Waals surface area (Å²) in [4.78, 5) is 29.7. The fraction of sp³-hybridized carbons (Fsp3) is 0.190. The molecule has 30 heavy (non-hydrogen) atoms. The molecular formula is C21H21N5O4. The van der Waals surface area contributed by atoms with Crippen molar-refractivity contribution in [2.24, 2.45) is 10.1 Å². The van der Waals surface area contributed by atoms with Crippen LogP contribution in [0.2, 0.25) is 0 Å². The number of rotatable bonds is 7. The van der Waals surface area contributed by atoms with Crippen LogP contribution in [-0.4, -0.2) is 42.1 Å². The zero-order valence-corrected chi connectivity index (χ0v) is 16.8. The zero-order chi connectivity index (χ0) is 21.7. The van der Waals surface area contributed by atoms with E-state index in [9.17, 15) is 14.7 Å². The molecule has 0 fully saturated rings. The minimum absolute atomic E-state index is 0.236. The van der Waals surface area contributed by atoms with Crippen LogP contribution in [0.3, 0.4) is 0 Å². The number of nitrogens with one attached hydrogen (secondary N) is 1. The summed E-state index contributed by atoms with van der Waals surface area (Å²) in [6.07, 6.45) is 1.45. The van der Waals surface area contributed by atoms with E-state index in [1.807, 2.05) is 19.1 Å². The van der Waals surface area contributed by atoms with Crippen molar-refractivity contribution in [3.8, 4) is 5.75 Å². The Bertz CT molecular complexity index is 1160. The van der Waals surface area contributed by atoms with E-state index in [2.05, 4.69) is 15.3 Å². The van der Waals surface area contributed by atoms with Crippen molar-refractivity contribution < 1.29 is 19.3 Å². The van der Waals surface area contributed by atoms with Gasteiger partial charge in [0.1, 0.15) is 5.75 Å². The second-order valence-electron chi connectivity index (χ2n) is 6.49. The van der Waals surface area contributed by atoms with Crippen LogP contribution in [0.4, 0.5) is 0 Å². The Labute approximate surface area is 172 Å². The van der Waals surface area contributed by atoms with Gasteiger partial charge in [-0.15, -0.1) is 4.68 Å². The van der Waals surface area contributed by atoms with Gasteiger partial charge in [-0.3, -0.25) is 9.79 Å². The molecule has 3 rings (SSSR count). The highest BCUT2D eigenvalue weighted by Gasteiger charge is 2.24. The number of aromatic nitrogens is 3. The number of aryl methyl sites for hydroxylation is 1. The third kappa shape index (κ3) is 4.52. The van der Waals surface area contributed by atoms with Crippen molar-refractivity contribution >= 4 is 17.9 Å². The van der Waals surface area contributed by atoms with Crippen molar-refractivity contribution in [2.75, 3.05) is 14.2 Å². The van der Waals surface area contributed by atoms with Gasteiger partial charge in [-0.05, 0) is 36.8 Å². The Morgan fingerprint density at radius 1 is 1.20 bits per heavy atom. The second kappa shape index (κ2) is 8.99. The molecule has 0 aliphatic heterocycles. The zero-order valence-electron chi connectivity index (χ0n) is 16.8. The van der Waals surface area contributed by atoms with Crippen molar-refractivity contribution in [3.05, 3.63) is 81.3 Å². The number of hydrogen-bond donors (Lipinski definition) is 1. The van der Waals surface area contributed by atoms with Crippen molar-refractivity contribution in [2.45, 2.75) is 13.5 Å². The van der Waals surface area contributed by atoms with Crippen molar-refractivity contribution in [1.82, 2.24) is 10.0 Å². The predicted octanol–water partition coefficient (Wildman–Crippen LogP) is 0.283. The summed E-state index contributed by atoms with van der Waals surface area (Å²) in [6.45, 7) is 1.68. The van der Waals surface area contributed by atoms with Gasteiger partial charge >= 0.3 is 5.56 Å². The third-order valence-electron chi connectivity index (χ3n) is 4.40. The maximum atomic E-state index is 12.7. The summed E-state index contributed by atoms with van der Waals surface area (Å²) in [5.74, 6) is -0.321. The predicted molar refractivity (Wildman–Crippen MR) is 109 cm³/mol. The number of ether oxygens (including phenoxy) is 1. The van der Waals surface area contributed by atoms with Crippen molar-refractivity contribution in [3.63, 3.8) is 0 Å². The molecule has 0 saturated carbocycles. The molecule has 0 saturated heterocycles. The average molecular weight is 407 g/mol. The minimum atomic E-state index is -0.744. The van der Waals surface area contributed by atoms with Crippen LogP contribution in [0.5, 0.6) is 5.75 Å². The topological polar surface area (TPSA) is 116 Å². The third-order valence-corrected chi connectivity index (χ3v) is 4.40. The minimum Gasteiger partial charge on any atom is -0.856 e. The Hall–Kier alpha value is -4.01. The fourth-order valence-corrected chi connectivity index (χ4v) is 2.72. The summed E-state index contributed by atoms with van der Waals surface area (Å²) in [5, 5.41) is 18.9. The molecule has 0 aliphatic rings. The molecule has 0 unspecified atom stereocenters. The molecule has 0 bridgehead atoms. The SMILES string of the molecule is CN=C([O-])c1c(=O)n(N=Cc2ccc(OC)cc2)[nH][n+]1CC(=O)c1ccc(C)cc1. The van der Waals surface area contributed by atoms with Crippen LogP contribution >= 0.6 is 0 Å². The summed E-state index contributed by atoms with van der Waals surface area (Å²) < 4.78 is 6.26. The molecule has 9 heteroatoms. The maximum absolute atomic E-state index is 12.7. The molecule has 0 amide bonds. The van der Waals surface area contributed by atoms with E-state index in [0.29, 0.717) is 16.9 Å². The van der Waals surface area contributed by atoms with Gasteiger partial charge in [-0.25, -0.2) is 4.79 Å². The Balaban J connectivity index is 1.92. The van der Waals surface area contributed by atoms with Gasteiger partial charge in [-0.2, -0.15) is 0 Å². The smallest absolute Gasteiger partial charge is 0.427 e. The summed E-state index contributed by atoms with van der Waals surface area (Å²) in [5.41, 5.74) is 1.23. The van der Waals surface area contributed by atoms with Gasteiger partial charge in [0.25, 0.3) is 5.69 Å². The molecule has 0 atom stereocenters. The van der Waals surface area contributed by atoms with Crippen LogP contribution < -0.4 is 20.1 Å². The first-order valence-corrected chi connectivity index (χ1v) is 9.10. The van der Waals surface area contributed by atoms with E-state index < -0.39 is 11.5 Å². The fourth-order valence-electron chi connectivity index (χ4n) is 2.72. The standard InChI is InChI=1S/C21H21N5O4/c1-14-4-8-16(9-5-14)18(27)13-25-19(20(28)22-2)21(29)26(24-25)23-12-15-6-10-17(30-3)11-7-15/h4-12H,13H2,1-3H3,(H-,22,24,28,29). The van der Waals surface area contributed by atoms with Gasteiger partial charge in [0.2, 0.25) is 5.78 Å². The number of aromatic amines is 1. The molecular weight excluding hydrogens is 386 g/mol. The second-order valence-corrected chi connectivity index (χ2v) is 6.49. The van der Waals surface area contributed by atoms with Gasteiger partial charge in [0.15, 0.2) is 6.54 Å². The average Bonchev–Trinajstić information content (AvgIpc) is 3.07. The van der Waals surface area contributed by atoms with Gasteiger partial charge in [0, 0.05) is 23.3 Å². The Morgan fingerprint density at radius 3 is 2.47 bits per heavy atom. The van der Waals surface area contributed by atoms with E-state index >= 15 is 0 Å². The van der Waals surface area contributed by atoms with Gasteiger partial charge in [-0.1, -0.05) is 40.1 Å². The molecule has 0 spiro atoms. The lowest BCUT2D eigenvalue weighted by molar-refractivity contribution is -0.745. The quantitative estimate of drug-likeness (QED) is 0.262. The van der Waals surface area contributed by atoms with Crippen LogP contribution in [0, 0.1) is 6.92 Å². The highest BCUT2D eigenvalue weighted by atomic mass is 16.5. The van der Waals surface area contributed by atoms with Crippen LogP contribution in [0.1, 0.15) is 27.2 Å². The Morgan fingerprint density at radius 2 is 1.87 bits per heavy atom. The molecule has 3 aromatic rings. The first-order chi connectivity index (χ1) is 14.4. The number of H-pyrrole nitrogens is 1. The number of hydrogen-bond acceptors (Lipinski definition) is 6. The monoisotopic (exact) mass is 407 g/mol. The molecule has 1 aromatic heterocycles. The first kappa shape index (κ1) is 20.7. The van der Waals surface area contributed by atoms with Crippen LogP contribution in [-0.2, 0) is 6.54 Å². The van der Waals surface area contributed by atoms with Crippen LogP contribution in [0.25, 0.3) is 0 Å². The number of ketones is 1. The van der Waals surface area contributed by atoms with E-state index in [1.54, 1.807) is 43.5 Å². The van der Waals surface area contributed by atoms with Gasteiger partial charge < -0.3 is 9.84 Å². The molecule has 0 aliphatic carbocycles. The highest BCUT2D eigenvalue weighted by Crippen LogP contribution is 2.09. The summed E-state index contributed by atoms with van der Waals surface area (Å²) in [6, 6.07) is 14.1. The molecule has 1 N–H and O–H groups in total. The summed E-state index contributed by atoms with van der Waals surface area (Å²) >= 11 is 0. The van der Waals surface area contributed by atoms with E-state index in [-0.39, 0.29) is 18.0 Å². The summed E-state index contributed by atoms with van der Waals surface area (Å²) in [7, 11) is 2.85. The van der Waals surface area contributed by atoms with Gasteiger partial charge in [0.05, 0.1) is 13.3 Å². The highest BCUT2D eigenvalue weighted by molar-refractivity contribution is 5.95. The van der Waals surface area contributed by atoms with E-state index in [4.69, 9.17) is 4.74 Å². The van der Waals surface area contributed by atoms with Crippen molar-refractivity contribution in [1.29, 1.82) is 0 Å². The molecule has 1 heterocycles. The number of nitrogens with zero attached hydrogens (tertiary/aromatic N) is 4. The normalized spacial score (nSPS) is 11.8. The number of methoxy groups -OCH3 is 1. The number of benzene rings is 2. The number of carbonyl (C=O) groups is 1. The largest absolute Gasteiger partial charge is 0.856 e. The van der Waals surface area contributed by atoms with Crippen LogP contribution in [0.15, 0.2) is 63.4 Å². The molecule has 9 nitrogen and oxygen atoms in total. The first-order valence-electron chi connectivity index (χ1n) is 9.10. The van der Waals surface area contributed by atoms with E-state index in [0.717, 1.165) is 15.0 Å². The van der Waals surface area contributed by atoms with E-state index in [1.165, 1.54) is 13.3 Å². The lowest BCUT2D eigenvalue weighted by Crippen LogP contribution is -2.48. The molecule has 2 aromatic carbocycles. The lowest BCUT2D eigenvalue weighted by Gasteiger charge is -2.05. The molecule has 0 radical (unpaired) electrons. The molecule has 154 valence electrons. The number of carbonyl (C=O) groups excluding carboxylic acids is 1. The Kier molecular flexibility index (Phi) is 6.21. The number of aliphatic imine (C=N–C) groups is 1. The maximum Gasteiger partial charge on any atom is 0.427 e. The number of Topliss-reactive ketones (excluding diaryl/α,β-unsaturated/α-hetero) is 1.